The minimum absolute atomic E-state index is 0.00865. The van der Waals surface area contributed by atoms with Crippen molar-refractivity contribution < 1.29 is 42.9 Å². The fourth-order valence-corrected chi connectivity index (χ4v) is 2.67. The quantitative estimate of drug-likeness (QED) is 0.154. The number of ether oxygens (including phenoxy) is 4. The van der Waals surface area contributed by atoms with Gasteiger partial charge in [0.2, 0.25) is 0 Å². The van der Waals surface area contributed by atoms with E-state index in [1.165, 1.54) is 63.3 Å². The molecule has 0 unspecified atom stereocenters. The molecule has 0 amide bonds. The Balaban J connectivity index is 2.39. The summed E-state index contributed by atoms with van der Waals surface area (Å²) in [5, 5.41) is 0. The zero-order valence-corrected chi connectivity index (χ0v) is 23.0. The van der Waals surface area contributed by atoms with Crippen LogP contribution in [0.25, 0.3) is 6.08 Å². The number of benzene rings is 2. The van der Waals surface area contributed by atoms with Gasteiger partial charge in [-0.15, -0.1) is 0 Å². The van der Waals surface area contributed by atoms with Crippen molar-refractivity contribution in [2.24, 2.45) is 5.92 Å². The maximum Gasteiger partial charge on any atom is 0.338 e. The van der Waals surface area contributed by atoms with Gasteiger partial charge in [0.05, 0.1) is 5.92 Å². The van der Waals surface area contributed by atoms with Crippen LogP contribution in [0.3, 0.4) is 0 Å². The Morgan fingerprint density at radius 1 is 0.650 bits per heavy atom. The predicted octanol–water partition coefficient (Wildman–Crippen LogP) is 5.59. The molecule has 0 N–H and O–H groups in total. The summed E-state index contributed by atoms with van der Waals surface area (Å²) >= 11 is 0. The lowest BCUT2D eigenvalue weighted by molar-refractivity contribution is -0.138. The first-order valence-electron chi connectivity index (χ1n) is 12.0. The molecule has 2 aromatic rings. The summed E-state index contributed by atoms with van der Waals surface area (Å²) in [5.41, 5.74) is 0.953. The molecule has 0 atom stereocenters. The highest BCUT2D eigenvalue weighted by Gasteiger charge is 2.19. The molecule has 0 bridgehead atoms. The van der Waals surface area contributed by atoms with E-state index in [1.54, 1.807) is 19.9 Å². The van der Waals surface area contributed by atoms with E-state index in [9.17, 15) is 24.0 Å². The van der Waals surface area contributed by atoms with Crippen LogP contribution in [0.5, 0.6) is 23.0 Å². The van der Waals surface area contributed by atoms with Gasteiger partial charge in [0, 0.05) is 22.3 Å². The molecule has 2 rings (SSSR count). The Morgan fingerprint density at radius 3 is 1.57 bits per heavy atom. The van der Waals surface area contributed by atoms with Crippen LogP contribution in [0.1, 0.15) is 50.5 Å². The SMILES string of the molecule is C=C(C)C(=O)Oc1ccc(C(=O)/C=C/c2ccc(OC(=O)C(=C)C)c(OC(=O)C(C)C)c2)cc1OC(=O)C(=C)C. The van der Waals surface area contributed by atoms with E-state index in [0.717, 1.165) is 0 Å². The van der Waals surface area contributed by atoms with Crippen molar-refractivity contribution in [1.82, 2.24) is 0 Å². The van der Waals surface area contributed by atoms with Crippen LogP contribution < -0.4 is 18.9 Å². The van der Waals surface area contributed by atoms with E-state index >= 15 is 0 Å². The van der Waals surface area contributed by atoms with Crippen molar-refractivity contribution in [2.75, 3.05) is 0 Å². The first-order valence-corrected chi connectivity index (χ1v) is 12.0. The third kappa shape index (κ3) is 8.76. The maximum atomic E-state index is 12.9. The Kier molecular flexibility index (Phi) is 10.6. The first-order chi connectivity index (χ1) is 18.7. The monoisotopic (exact) mass is 546 g/mol. The molecular weight excluding hydrogens is 516 g/mol. The van der Waals surface area contributed by atoms with Crippen LogP contribution in [0.15, 0.2) is 78.9 Å². The van der Waals surface area contributed by atoms with E-state index in [-0.39, 0.29) is 45.3 Å². The first kappa shape index (κ1) is 31.2. The third-order valence-electron chi connectivity index (χ3n) is 4.96. The summed E-state index contributed by atoms with van der Waals surface area (Å²) < 4.78 is 21.1. The van der Waals surface area contributed by atoms with Crippen molar-refractivity contribution >= 4 is 35.7 Å². The van der Waals surface area contributed by atoms with Crippen LogP contribution in [0.4, 0.5) is 0 Å². The molecule has 40 heavy (non-hydrogen) atoms. The molecule has 208 valence electrons. The normalized spacial score (nSPS) is 10.6. The van der Waals surface area contributed by atoms with Crippen molar-refractivity contribution in [3.05, 3.63) is 90.1 Å². The second kappa shape index (κ2) is 13.7. The minimum atomic E-state index is -0.774. The number of hydrogen-bond acceptors (Lipinski definition) is 9. The molecule has 0 spiro atoms. The fraction of sp³-hybridized carbons (Fsp3) is 0.194. The smallest absolute Gasteiger partial charge is 0.338 e. The average molecular weight is 547 g/mol. The number of carbonyl (C=O) groups excluding carboxylic acids is 5. The van der Waals surface area contributed by atoms with Crippen LogP contribution in [-0.4, -0.2) is 29.7 Å². The Hall–Kier alpha value is -5.05. The highest BCUT2D eigenvalue weighted by Crippen LogP contribution is 2.32. The van der Waals surface area contributed by atoms with Gasteiger partial charge in [0.15, 0.2) is 28.8 Å². The summed E-state index contributed by atoms with van der Waals surface area (Å²) in [6, 6.07) is 8.38. The number of hydrogen-bond donors (Lipinski definition) is 0. The van der Waals surface area contributed by atoms with Crippen LogP contribution in [-0.2, 0) is 19.2 Å². The van der Waals surface area contributed by atoms with Crippen LogP contribution >= 0.6 is 0 Å². The Morgan fingerprint density at radius 2 is 1.10 bits per heavy atom. The van der Waals surface area contributed by atoms with Crippen LogP contribution in [0.2, 0.25) is 0 Å². The number of ketones is 1. The summed E-state index contributed by atoms with van der Waals surface area (Å²) in [4.78, 5) is 61.2. The molecule has 0 saturated carbocycles. The molecule has 9 nitrogen and oxygen atoms in total. The topological polar surface area (TPSA) is 122 Å². The molecule has 0 saturated heterocycles. The van der Waals surface area contributed by atoms with Gasteiger partial charge in [0.25, 0.3) is 0 Å². The molecule has 9 heteroatoms. The second-order valence-corrected chi connectivity index (χ2v) is 9.15. The van der Waals surface area contributed by atoms with Gasteiger partial charge in [-0.2, -0.15) is 0 Å². The summed E-state index contributed by atoms with van der Waals surface area (Å²) in [5.74, 6) is -3.93. The lowest BCUT2D eigenvalue weighted by Crippen LogP contribution is -2.16. The molecule has 0 fully saturated rings. The van der Waals surface area contributed by atoms with Gasteiger partial charge < -0.3 is 18.9 Å². The zero-order valence-electron chi connectivity index (χ0n) is 23.0. The van der Waals surface area contributed by atoms with Gasteiger partial charge in [0.1, 0.15) is 0 Å². The number of carbonyl (C=O) groups is 5. The maximum absolute atomic E-state index is 12.9. The van der Waals surface area contributed by atoms with Gasteiger partial charge in [-0.3, -0.25) is 9.59 Å². The molecule has 0 aromatic heterocycles. The van der Waals surface area contributed by atoms with E-state index in [2.05, 4.69) is 19.7 Å². The van der Waals surface area contributed by atoms with E-state index < -0.39 is 35.6 Å². The van der Waals surface area contributed by atoms with E-state index in [0.29, 0.717) is 5.56 Å². The molecule has 0 heterocycles. The molecule has 0 aliphatic rings. The van der Waals surface area contributed by atoms with Crippen LogP contribution in [0, 0.1) is 5.92 Å². The number of allylic oxidation sites excluding steroid dienone is 1. The zero-order chi connectivity index (χ0) is 30.1. The molecule has 0 aliphatic carbocycles. The average Bonchev–Trinajstić information content (AvgIpc) is 2.88. The Bertz CT molecular complexity index is 1440. The summed E-state index contributed by atoms with van der Waals surface area (Å²) in [7, 11) is 0. The fourth-order valence-electron chi connectivity index (χ4n) is 2.67. The third-order valence-corrected chi connectivity index (χ3v) is 4.96. The Labute approximate surface area is 232 Å². The number of esters is 4. The lowest BCUT2D eigenvalue weighted by atomic mass is 10.1. The highest BCUT2D eigenvalue weighted by molar-refractivity contribution is 6.07. The van der Waals surface area contributed by atoms with E-state index in [4.69, 9.17) is 18.9 Å². The summed E-state index contributed by atoms with van der Waals surface area (Å²) in [6.45, 7) is 18.2. The molecular formula is C31H30O9. The largest absolute Gasteiger partial charge is 0.422 e. The van der Waals surface area contributed by atoms with Gasteiger partial charge in [-0.05, 0) is 62.7 Å². The van der Waals surface area contributed by atoms with Crippen molar-refractivity contribution in [1.29, 1.82) is 0 Å². The van der Waals surface area contributed by atoms with Gasteiger partial charge in [-0.1, -0.05) is 45.7 Å². The van der Waals surface area contributed by atoms with Crippen molar-refractivity contribution in [3.63, 3.8) is 0 Å². The highest BCUT2D eigenvalue weighted by atomic mass is 16.6. The molecule has 2 aromatic carbocycles. The number of rotatable bonds is 11. The molecule has 0 aliphatic heterocycles. The van der Waals surface area contributed by atoms with Crippen molar-refractivity contribution in [3.8, 4) is 23.0 Å². The minimum Gasteiger partial charge on any atom is -0.422 e. The van der Waals surface area contributed by atoms with Gasteiger partial charge in [-0.25, -0.2) is 14.4 Å². The predicted molar refractivity (Wildman–Crippen MR) is 148 cm³/mol. The van der Waals surface area contributed by atoms with Crippen molar-refractivity contribution in [2.45, 2.75) is 34.6 Å². The lowest BCUT2D eigenvalue weighted by Gasteiger charge is -2.12. The second-order valence-electron chi connectivity index (χ2n) is 9.15. The summed E-state index contributed by atoms with van der Waals surface area (Å²) in [6.07, 6.45) is 2.69. The standard InChI is InChI=1S/C31H30O9/c1-17(2)28(33)37-24-13-10-21(15-26(24)39-30(35)19(5)6)9-12-23(32)22-11-14-25(38-29(34)18(3)4)27(16-22)40-31(36)20(7)8/h9-16,19H,1,3,7H2,2,4-6,8H3/b12-9+. The van der Waals surface area contributed by atoms with Gasteiger partial charge >= 0.3 is 23.9 Å². The van der Waals surface area contributed by atoms with E-state index in [1.807, 2.05) is 0 Å². The molecule has 0 radical (unpaired) electrons.